The van der Waals surface area contributed by atoms with Gasteiger partial charge in [-0.15, -0.1) is 10.2 Å². The van der Waals surface area contributed by atoms with Crippen molar-refractivity contribution in [1.29, 1.82) is 0 Å². The summed E-state index contributed by atoms with van der Waals surface area (Å²) in [7, 11) is -3.54. The Bertz CT molecular complexity index is 1200. The van der Waals surface area contributed by atoms with Crippen LogP contribution < -0.4 is 10.2 Å². The van der Waals surface area contributed by atoms with Crippen molar-refractivity contribution in [2.24, 2.45) is 0 Å². The Labute approximate surface area is 189 Å². The highest BCUT2D eigenvalue weighted by atomic mass is 32.2. The molecule has 2 aromatic heterocycles. The van der Waals surface area contributed by atoms with Crippen LogP contribution in [0, 0.1) is 27.7 Å². The van der Waals surface area contributed by atoms with E-state index in [4.69, 9.17) is 0 Å². The van der Waals surface area contributed by atoms with Crippen LogP contribution in [0.2, 0.25) is 0 Å². The molecule has 1 fully saturated rings. The molecule has 1 aliphatic heterocycles. The fourth-order valence-electron chi connectivity index (χ4n) is 4.16. The van der Waals surface area contributed by atoms with Gasteiger partial charge in [0.05, 0.1) is 4.90 Å². The van der Waals surface area contributed by atoms with Crippen LogP contribution in [0.25, 0.3) is 0 Å². The number of hydrogen-bond donors (Lipinski definition) is 1. The molecule has 4 rings (SSSR count). The number of nitrogens with zero attached hydrogens (tertiary/aromatic N) is 5. The molecule has 0 aliphatic carbocycles. The number of pyridine rings is 1. The van der Waals surface area contributed by atoms with Crippen molar-refractivity contribution < 1.29 is 8.42 Å². The lowest BCUT2D eigenvalue weighted by Crippen LogP contribution is -2.49. The van der Waals surface area contributed by atoms with Gasteiger partial charge in [-0.1, -0.05) is 23.8 Å². The molecule has 3 heterocycles. The van der Waals surface area contributed by atoms with Crippen molar-refractivity contribution >= 4 is 27.5 Å². The van der Waals surface area contributed by atoms with E-state index in [1.807, 2.05) is 70.2 Å². The highest BCUT2D eigenvalue weighted by Crippen LogP contribution is 2.27. The van der Waals surface area contributed by atoms with Crippen LogP contribution in [0.3, 0.4) is 0 Å². The van der Waals surface area contributed by atoms with E-state index in [2.05, 4.69) is 25.4 Å². The SMILES string of the molecule is Cc1cc(C)c(S(=O)(=O)N2CCN(c3ccc(Nc4cccc(C)n4)nn3)CC2)c(C)c1. The number of nitrogens with one attached hydrogen (secondary N) is 1. The van der Waals surface area contributed by atoms with Crippen LogP contribution in [0.5, 0.6) is 0 Å². The fourth-order valence-corrected chi connectivity index (χ4v) is 6.00. The van der Waals surface area contributed by atoms with Crippen molar-refractivity contribution in [3.8, 4) is 0 Å². The number of rotatable bonds is 5. The first-order valence-electron chi connectivity index (χ1n) is 10.6. The zero-order valence-corrected chi connectivity index (χ0v) is 19.6. The number of sulfonamides is 1. The van der Waals surface area contributed by atoms with E-state index in [0.29, 0.717) is 42.7 Å². The monoisotopic (exact) mass is 452 g/mol. The summed E-state index contributed by atoms with van der Waals surface area (Å²) < 4.78 is 28.2. The first kappa shape index (κ1) is 22.2. The molecule has 0 radical (unpaired) electrons. The standard InChI is InChI=1S/C23H28N6O2S/c1-16-14-17(2)23(18(3)15-16)32(30,31)29-12-10-28(11-13-29)22-9-8-21(26-27-22)25-20-7-5-6-19(4)24-20/h5-9,14-15H,10-13H2,1-4H3,(H,24,25,26). The highest BCUT2D eigenvalue weighted by molar-refractivity contribution is 7.89. The molecule has 1 aromatic carbocycles. The van der Waals surface area contributed by atoms with E-state index >= 15 is 0 Å². The average molecular weight is 453 g/mol. The molecule has 0 amide bonds. The van der Waals surface area contributed by atoms with Crippen LogP contribution in [0.15, 0.2) is 47.4 Å². The normalized spacial score (nSPS) is 15.1. The summed E-state index contributed by atoms with van der Waals surface area (Å²) in [6, 6.07) is 13.3. The molecule has 3 aromatic rings. The molecule has 0 bridgehead atoms. The maximum atomic E-state index is 13.3. The molecular weight excluding hydrogens is 424 g/mol. The van der Waals surface area contributed by atoms with Crippen LogP contribution in [-0.4, -0.2) is 54.1 Å². The summed E-state index contributed by atoms with van der Waals surface area (Å²) in [5.74, 6) is 2.05. The van der Waals surface area contributed by atoms with Crippen molar-refractivity contribution in [2.45, 2.75) is 32.6 Å². The molecule has 9 heteroatoms. The Kier molecular flexibility index (Phi) is 6.12. The molecule has 8 nitrogen and oxygen atoms in total. The van der Waals surface area contributed by atoms with Gasteiger partial charge in [-0.05, 0) is 63.1 Å². The minimum absolute atomic E-state index is 0.407. The van der Waals surface area contributed by atoms with Crippen LogP contribution in [0.1, 0.15) is 22.4 Å². The largest absolute Gasteiger partial charge is 0.352 e. The van der Waals surface area contributed by atoms with Crippen molar-refractivity contribution in [2.75, 3.05) is 36.4 Å². The van der Waals surface area contributed by atoms with E-state index < -0.39 is 10.0 Å². The summed E-state index contributed by atoms with van der Waals surface area (Å²) in [4.78, 5) is 6.89. The van der Waals surface area contributed by atoms with Gasteiger partial charge in [-0.2, -0.15) is 4.31 Å². The number of piperazine rings is 1. The second-order valence-corrected chi connectivity index (χ2v) is 10.1. The van der Waals surface area contributed by atoms with Crippen molar-refractivity contribution in [3.63, 3.8) is 0 Å². The maximum Gasteiger partial charge on any atom is 0.243 e. The van der Waals surface area contributed by atoms with Crippen LogP contribution in [-0.2, 0) is 10.0 Å². The predicted molar refractivity (Wildman–Crippen MR) is 126 cm³/mol. The van der Waals surface area contributed by atoms with E-state index in [9.17, 15) is 8.42 Å². The highest BCUT2D eigenvalue weighted by Gasteiger charge is 2.31. The Balaban J connectivity index is 1.42. The molecule has 32 heavy (non-hydrogen) atoms. The second-order valence-electron chi connectivity index (χ2n) is 8.18. The lowest BCUT2D eigenvalue weighted by molar-refractivity contribution is 0.383. The maximum absolute atomic E-state index is 13.3. The van der Waals surface area contributed by atoms with E-state index in [1.165, 1.54) is 0 Å². The van der Waals surface area contributed by atoms with E-state index in [0.717, 1.165) is 28.2 Å². The Morgan fingerprint density at radius 2 is 1.53 bits per heavy atom. The summed E-state index contributed by atoms with van der Waals surface area (Å²) in [6.45, 7) is 9.57. The number of aromatic nitrogens is 3. The third kappa shape index (κ3) is 4.58. The van der Waals surface area contributed by atoms with Gasteiger partial charge >= 0.3 is 0 Å². The van der Waals surface area contributed by atoms with Gasteiger partial charge in [-0.3, -0.25) is 0 Å². The quantitative estimate of drug-likeness (QED) is 0.635. The van der Waals surface area contributed by atoms with Gasteiger partial charge < -0.3 is 10.2 Å². The number of hydrogen-bond acceptors (Lipinski definition) is 7. The van der Waals surface area contributed by atoms with Gasteiger partial charge in [-0.25, -0.2) is 13.4 Å². The summed E-state index contributed by atoms with van der Waals surface area (Å²) in [5.41, 5.74) is 3.57. The van der Waals surface area contributed by atoms with E-state index in [-0.39, 0.29) is 0 Å². The lowest BCUT2D eigenvalue weighted by atomic mass is 10.1. The zero-order chi connectivity index (χ0) is 22.9. The molecule has 1 aliphatic rings. The molecule has 0 atom stereocenters. The molecule has 1 saturated heterocycles. The number of aryl methyl sites for hydroxylation is 4. The van der Waals surface area contributed by atoms with Gasteiger partial charge in [0, 0.05) is 31.9 Å². The Morgan fingerprint density at radius 1 is 0.844 bits per heavy atom. The smallest absolute Gasteiger partial charge is 0.243 e. The Hall–Kier alpha value is -3.04. The number of benzene rings is 1. The third-order valence-electron chi connectivity index (χ3n) is 5.56. The molecule has 1 N–H and O–H groups in total. The molecule has 168 valence electrons. The second kappa shape index (κ2) is 8.84. The molecule has 0 unspecified atom stereocenters. The topological polar surface area (TPSA) is 91.3 Å². The van der Waals surface area contributed by atoms with Gasteiger partial charge in [0.2, 0.25) is 10.0 Å². The average Bonchev–Trinajstić information content (AvgIpc) is 2.73. The van der Waals surface area contributed by atoms with Crippen molar-refractivity contribution in [1.82, 2.24) is 19.5 Å². The van der Waals surface area contributed by atoms with Gasteiger partial charge in [0.25, 0.3) is 0 Å². The Morgan fingerprint density at radius 3 is 2.12 bits per heavy atom. The minimum Gasteiger partial charge on any atom is -0.352 e. The van der Waals surface area contributed by atoms with Crippen LogP contribution in [0.4, 0.5) is 17.5 Å². The van der Waals surface area contributed by atoms with Gasteiger partial charge in [0.15, 0.2) is 11.6 Å². The summed E-state index contributed by atoms with van der Waals surface area (Å²) in [5, 5.41) is 11.7. The lowest BCUT2D eigenvalue weighted by Gasteiger charge is -2.35. The molecule has 0 saturated carbocycles. The van der Waals surface area contributed by atoms with Crippen LogP contribution >= 0.6 is 0 Å². The predicted octanol–water partition coefficient (Wildman–Crippen LogP) is 3.36. The van der Waals surface area contributed by atoms with Gasteiger partial charge in [0.1, 0.15) is 5.82 Å². The minimum atomic E-state index is -3.54. The van der Waals surface area contributed by atoms with E-state index in [1.54, 1.807) is 4.31 Å². The summed E-state index contributed by atoms with van der Waals surface area (Å²) >= 11 is 0. The zero-order valence-electron chi connectivity index (χ0n) is 18.8. The first-order valence-corrected chi connectivity index (χ1v) is 12.1. The third-order valence-corrected chi connectivity index (χ3v) is 7.76. The summed E-state index contributed by atoms with van der Waals surface area (Å²) in [6.07, 6.45) is 0. The number of anilines is 3. The fraction of sp³-hybridized carbons (Fsp3) is 0.348. The van der Waals surface area contributed by atoms with Crippen molar-refractivity contribution in [3.05, 3.63) is 64.8 Å². The first-order chi connectivity index (χ1) is 15.2. The molecule has 0 spiro atoms. The molecular formula is C23H28N6O2S.